The van der Waals surface area contributed by atoms with Crippen molar-refractivity contribution in [3.8, 4) is 5.75 Å². The van der Waals surface area contributed by atoms with Gasteiger partial charge in [0.1, 0.15) is 17.4 Å². The highest BCUT2D eigenvalue weighted by Crippen LogP contribution is 2.32. The van der Waals surface area contributed by atoms with E-state index in [1.165, 1.54) is 12.1 Å². The predicted octanol–water partition coefficient (Wildman–Crippen LogP) is 4.52. The molecule has 1 fully saturated rings. The molecule has 0 bridgehead atoms. The van der Waals surface area contributed by atoms with E-state index in [4.69, 9.17) is 19.4 Å². The molecule has 8 nitrogen and oxygen atoms in total. The number of anilines is 2. The van der Waals surface area contributed by atoms with Gasteiger partial charge < -0.3 is 24.6 Å². The average molecular weight is 528 g/mol. The number of rotatable bonds is 5. The molecule has 2 aliphatic rings. The Balaban J connectivity index is 1.38. The Morgan fingerprint density at radius 2 is 1.84 bits per heavy atom. The molecular weight excluding hydrogens is 499 g/mol. The fraction of sp³-hybridized carbons (Fsp3) is 0.370. The zero-order valence-electron chi connectivity index (χ0n) is 20.9. The summed E-state index contributed by atoms with van der Waals surface area (Å²) in [4.78, 5) is 26.5. The van der Waals surface area contributed by atoms with Crippen molar-refractivity contribution in [2.45, 2.75) is 25.6 Å². The summed E-state index contributed by atoms with van der Waals surface area (Å²) < 4.78 is 50.0. The highest BCUT2D eigenvalue weighted by molar-refractivity contribution is 5.89. The maximum atomic E-state index is 13.1. The van der Waals surface area contributed by atoms with Gasteiger partial charge in [-0.05, 0) is 35.9 Å². The first-order valence-electron chi connectivity index (χ1n) is 12.4. The summed E-state index contributed by atoms with van der Waals surface area (Å²) in [7, 11) is 1.62. The molecule has 0 spiro atoms. The van der Waals surface area contributed by atoms with Crippen LogP contribution in [0.4, 0.5) is 29.5 Å². The quantitative estimate of drug-likeness (QED) is 0.526. The van der Waals surface area contributed by atoms with Gasteiger partial charge in [-0.3, -0.25) is 0 Å². The molecule has 3 heterocycles. The molecule has 200 valence electrons. The van der Waals surface area contributed by atoms with Gasteiger partial charge in [-0.2, -0.15) is 13.2 Å². The van der Waals surface area contributed by atoms with Crippen LogP contribution < -0.4 is 15.0 Å². The summed E-state index contributed by atoms with van der Waals surface area (Å²) in [6, 6.07) is 11.9. The standard InChI is InChI=1S/C27H28F3N5O3/c1-37-21-7-5-18(6-8-21)15-24-32-23-9-10-35(17-22(23)25(33-24)34-11-13-38-14-12-34)26(36)31-20-4-2-3-19(16-20)27(28,29)30/h2-8,16H,9-15,17H2,1H3,(H,31,36). The van der Waals surface area contributed by atoms with Crippen molar-refractivity contribution in [3.63, 3.8) is 0 Å². The molecule has 3 aromatic rings. The van der Waals surface area contributed by atoms with Gasteiger partial charge in [-0.15, -0.1) is 0 Å². The number of hydrogen-bond acceptors (Lipinski definition) is 6. The summed E-state index contributed by atoms with van der Waals surface area (Å²) in [5, 5.41) is 2.61. The van der Waals surface area contributed by atoms with E-state index < -0.39 is 17.8 Å². The second-order valence-corrected chi connectivity index (χ2v) is 9.19. The lowest BCUT2D eigenvalue weighted by Gasteiger charge is -2.34. The van der Waals surface area contributed by atoms with E-state index >= 15 is 0 Å². The van der Waals surface area contributed by atoms with Gasteiger partial charge in [0.05, 0.1) is 38.1 Å². The molecule has 1 N–H and O–H groups in total. The fourth-order valence-electron chi connectivity index (χ4n) is 4.64. The third-order valence-electron chi connectivity index (χ3n) is 6.65. The Labute approximate surface area is 218 Å². The van der Waals surface area contributed by atoms with Crippen LogP contribution in [0.25, 0.3) is 0 Å². The van der Waals surface area contributed by atoms with Crippen LogP contribution in [0.3, 0.4) is 0 Å². The van der Waals surface area contributed by atoms with E-state index in [-0.39, 0.29) is 12.2 Å². The Morgan fingerprint density at radius 1 is 1.08 bits per heavy atom. The van der Waals surface area contributed by atoms with E-state index in [1.54, 1.807) is 12.0 Å². The second kappa shape index (κ2) is 10.9. The van der Waals surface area contributed by atoms with Gasteiger partial charge in [-0.1, -0.05) is 18.2 Å². The van der Waals surface area contributed by atoms with Crippen LogP contribution in [-0.4, -0.2) is 60.9 Å². The molecule has 2 amide bonds. The molecule has 1 saturated heterocycles. The smallest absolute Gasteiger partial charge is 0.416 e. The summed E-state index contributed by atoms with van der Waals surface area (Å²) in [6.45, 7) is 3.14. The number of urea groups is 1. The number of carbonyl (C=O) groups is 1. The number of nitrogens with one attached hydrogen (secondary N) is 1. The number of morpholine rings is 1. The van der Waals surface area contributed by atoms with E-state index in [0.29, 0.717) is 51.5 Å². The first kappa shape index (κ1) is 25.8. The summed E-state index contributed by atoms with van der Waals surface area (Å²) >= 11 is 0. The van der Waals surface area contributed by atoms with E-state index in [0.717, 1.165) is 40.5 Å². The number of amides is 2. The van der Waals surface area contributed by atoms with Crippen molar-refractivity contribution in [1.29, 1.82) is 0 Å². The lowest BCUT2D eigenvalue weighted by Crippen LogP contribution is -2.42. The Kier molecular flexibility index (Phi) is 7.37. The summed E-state index contributed by atoms with van der Waals surface area (Å²) in [5.74, 6) is 2.24. The van der Waals surface area contributed by atoms with Crippen LogP contribution >= 0.6 is 0 Å². The van der Waals surface area contributed by atoms with E-state index in [1.807, 2.05) is 24.3 Å². The Hall–Kier alpha value is -3.86. The Bertz CT molecular complexity index is 1290. The molecule has 5 rings (SSSR count). The lowest BCUT2D eigenvalue weighted by atomic mass is 10.0. The fourth-order valence-corrected chi connectivity index (χ4v) is 4.64. The van der Waals surface area contributed by atoms with Crippen LogP contribution in [0.15, 0.2) is 48.5 Å². The van der Waals surface area contributed by atoms with Gasteiger partial charge in [0, 0.05) is 43.7 Å². The van der Waals surface area contributed by atoms with E-state index in [2.05, 4.69) is 10.2 Å². The minimum Gasteiger partial charge on any atom is -0.497 e. The number of benzene rings is 2. The van der Waals surface area contributed by atoms with Crippen LogP contribution in [-0.2, 0) is 30.3 Å². The normalized spacial score (nSPS) is 15.7. The number of ether oxygens (including phenoxy) is 2. The molecular formula is C27H28F3N5O3. The monoisotopic (exact) mass is 527 g/mol. The molecule has 1 aromatic heterocycles. The zero-order valence-corrected chi connectivity index (χ0v) is 20.9. The van der Waals surface area contributed by atoms with Crippen LogP contribution in [0, 0.1) is 0 Å². The average Bonchev–Trinajstić information content (AvgIpc) is 2.93. The van der Waals surface area contributed by atoms with Gasteiger partial charge in [0.25, 0.3) is 0 Å². The van der Waals surface area contributed by atoms with Crippen molar-refractivity contribution in [3.05, 3.63) is 76.7 Å². The maximum Gasteiger partial charge on any atom is 0.416 e. The third-order valence-corrected chi connectivity index (χ3v) is 6.65. The molecule has 2 aromatic carbocycles. The van der Waals surface area contributed by atoms with Crippen LogP contribution in [0.5, 0.6) is 5.75 Å². The number of aromatic nitrogens is 2. The highest BCUT2D eigenvalue weighted by atomic mass is 19.4. The van der Waals surface area contributed by atoms with Crippen LogP contribution in [0.2, 0.25) is 0 Å². The molecule has 0 aliphatic carbocycles. The SMILES string of the molecule is COc1ccc(Cc2nc3c(c(N4CCOCC4)n2)CN(C(=O)Nc2cccc(C(F)(F)F)c2)CC3)cc1. The molecule has 38 heavy (non-hydrogen) atoms. The van der Waals surface area contributed by atoms with Gasteiger partial charge in [0.2, 0.25) is 0 Å². The number of carbonyl (C=O) groups excluding carboxylic acids is 1. The Morgan fingerprint density at radius 3 is 2.55 bits per heavy atom. The van der Waals surface area contributed by atoms with Crippen LogP contribution in [0.1, 0.15) is 28.2 Å². The summed E-state index contributed by atoms with van der Waals surface area (Å²) in [6.07, 6.45) is -3.42. The number of fused-ring (bicyclic) bond motifs is 1. The van der Waals surface area contributed by atoms with Gasteiger partial charge >= 0.3 is 12.2 Å². The number of nitrogens with zero attached hydrogens (tertiary/aromatic N) is 4. The molecule has 0 atom stereocenters. The number of hydrogen-bond donors (Lipinski definition) is 1. The first-order chi connectivity index (χ1) is 18.3. The first-order valence-corrected chi connectivity index (χ1v) is 12.4. The van der Waals surface area contributed by atoms with E-state index in [9.17, 15) is 18.0 Å². The van der Waals surface area contributed by atoms with Gasteiger partial charge in [0.15, 0.2) is 0 Å². The molecule has 0 saturated carbocycles. The predicted molar refractivity (Wildman–Crippen MR) is 135 cm³/mol. The van der Waals surface area contributed by atoms with Crippen molar-refractivity contribution in [2.75, 3.05) is 50.2 Å². The highest BCUT2D eigenvalue weighted by Gasteiger charge is 2.31. The second-order valence-electron chi connectivity index (χ2n) is 9.19. The van der Waals surface area contributed by atoms with Crippen molar-refractivity contribution < 1.29 is 27.4 Å². The van der Waals surface area contributed by atoms with Crippen molar-refractivity contribution in [2.24, 2.45) is 0 Å². The zero-order chi connectivity index (χ0) is 26.7. The largest absolute Gasteiger partial charge is 0.497 e. The van der Waals surface area contributed by atoms with Crippen molar-refractivity contribution >= 4 is 17.5 Å². The topological polar surface area (TPSA) is 79.8 Å². The molecule has 11 heteroatoms. The minimum absolute atomic E-state index is 0.0927. The van der Waals surface area contributed by atoms with Crippen molar-refractivity contribution in [1.82, 2.24) is 14.9 Å². The molecule has 0 radical (unpaired) electrons. The summed E-state index contributed by atoms with van der Waals surface area (Å²) in [5.41, 5.74) is 2.07. The number of alkyl halides is 3. The number of methoxy groups -OCH3 is 1. The molecule has 2 aliphatic heterocycles. The third kappa shape index (κ3) is 5.83. The maximum absolute atomic E-state index is 13.1. The molecule has 0 unspecified atom stereocenters. The minimum atomic E-state index is -4.49. The van der Waals surface area contributed by atoms with Gasteiger partial charge in [-0.25, -0.2) is 14.8 Å². The lowest BCUT2D eigenvalue weighted by molar-refractivity contribution is -0.137. The number of halogens is 3.